The molecular weight excluding hydrogens is 374 g/mol. The van der Waals surface area contributed by atoms with Crippen LogP contribution in [0.15, 0.2) is 33.9 Å². The van der Waals surface area contributed by atoms with Crippen molar-refractivity contribution in [3.63, 3.8) is 0 Å². The average Bonchev–Trinajstić information content (AvgIpc) is 3.16. The molecule has 1 atom stereocenters. The Morgan fingerprint density at radius 3 is 2.59 bits per heavy atom. The van der Waals surface area contributed by atoms with Gasteiger partial charge in [-0.1, -0.05) is 0 Å². The van der Waals surface area contributed by atoms with Crippen molar-refractivity contribution in [2.75, 3.05) is 26.2 Å². The molecule has 0 bridgehead atoms. The molecule has 1 aromatic carbocycles. The van der Waals surface area contributed by atoms with Gasteiger partial charge in [0.1, 0.15) is 12.4 Å². The van der Waals surface area contributed by atoms with E-state index in [2.05, 4.69) is 20.1 Å². The molecule has 1 saturated heterocycles. The molecule has 10 nitrogen and oxygen atoms in total. The molecule has 0 spiro atoms. The topological polar surface area (TPSA) is 121 Å². The van der Waals surface area contributed by atoms with E-state index in [1.165, 1.54) is 18.7 Å². The number of likely N-dealkylation sites (tertiary alicyclic amines) is 1. The number of hydrogen-bond acceptors (Lipinski definition) is 8. The van der Waals surface area contributed by atoms with E-state index in [0.29, 0.717) is 18.0 Å². The fraction of sp³-hybridized carbons (Fsp3) is 0.421. The Balaban J connectivity index is 1.51. The highest BCUT2D eigenvalue weighted by molar-refractivity contribution is 5.71. The van der Waals surface area contributed by atoms with Gasteiger partial charge in [-0.3, -0.25) is 18.8 Å². The van der Waals surface area contributed by atoms with Crippen LogP contribution in [-0.2, 0) is 14.1 Å². The Labute approximate surface area is 166 Å². The summed E-state index contributed by atoms with van der Waals surface area (Å²) in [5.41, 5.74) is 5.90. The summed E-state index contributed by atoms with van der Waals surface area (Å²) in [7, 11) is 2.94. The molecule has 2 aromatic heterocycles. The molecule has 2 N–H and O–H groups in total. The molecule has 3 heterocycles. The summed E-state index contributed by atoms with van der Waals surface area (Å²) in [6.07, 6.45) is 1.03. The van der Waals surface area contributed by atoms with Crippen LogP contribution in [0.2, 0.25) is 0 Å². The second-order valence-corrected chi connectivity index (χ2v) is 7.24. The van der Waals surface area contributed by atoms with E-state index < -0.39 is 11.2 Å². The molecule has 1 aliphatic rings. The number of rotatable bonds is 5. The molecule has 10 heteroatoms. The number of aryl methyl sites for hydroxylation is 1. The lowest BCUT2D eigenvalue weighted by molar-refractivity contribution is 0.236. The molecule has 0 amide bonds. The molecule has 1 fully saturated rings. The second kappa shape index (κ2) is 7.72. The summed E-state index contributed by atoms with van der Waals surface area (Å²) in [6, 6.07) is 7.56. The van der Waals surface area contributed by atoms with Crippen LogP contribution in [0.1, 0.15) is 6.42 Å². The summed E-state index contributed by atoms with van der Waals surface area (Å²) in [4.78, 5) is 31.0. The van der Waals surface area contributed by atoms with Crippen molar-refractivity contribution < 1.29 is 4.74 Å². The van der Waals surface area contributed by atoms with Gasteiger partial charge in [0, 0.05) is 38.8 Å². The predicted molar refractivity (Wildman–Crippen MR) is 108 cm³/mol. The monoisotopic (exact) mass is 397 g/mol. The first-order valence-electron chi connectivity index (χ1n) is 9.45. The fourth-order valence-electron chi connectivity index (χ4n) is 3.43. The van der Waals surface area contributed by atoms with E-state index in [4.69, 9.17) is 10.5 Å². The number of nitrogens with two attached hydrogens (primary N) is 1. The summed E-state index contributed by atoms with van der Waals surface area (Å²) in [5.74, 6) is 1.05. The number of hydrogen-bond donors (Lipinski definition) is 1. The lowest BCUT2D eigenvalue weighted by Crippen LogP contribution is -2.38. The molecule has 0 radical (unpaired) electrons. The maximum absolute atomic E-state index is 12.4. The molecule has 29 heavy (non-hydrogen) atoms. The minimum atomic E-state index is -0.499. The zero-order valence-electron chi connectivity index (χ0n) is 16.4. The van der Waals surface area contributed by atoms with Gasteiger partial charge in [0.05, 0.1) is 0 Å². The van der Waals surface area contributed by atoms with Crippen LogP contribution in [0, 0.1) is 0 Å². The van der Waals surface area contributed by atoms with Gasteiger partial charge in [0.2, 0.25) is 0 Å². The Kier molecular flexibility index (Phi) is 5.12. The van der Waals surface area contributed by atoms with Crippen LogP contribution in [0.5, 0.6) is 5.75 Å². The van der Waals surface area contributed by atoms with Crippen LogP contribution in [0.3, 0.4) is 0 Å². The standard InChI is InChI=1S/C19H23N7O3/c1-24-17-15(18(27)25(2)19(24)28)21-16(22-23-17)12-3-5-14(6-4-12)29-10-9-26-8-7-13(20)11-26/h3-6,13H,7-11,20H2,1-2H3. The lowest BCUT2D eigenvalue weighted by atomic mass is 10.2. The van der Waals surface area contributed by atoms with Gasteiger partial charge >= 0.3 is 5.69 Å². The normalized spacial score (nSPS) is 17.1. The van der Waals surface area contributed by atoms with Gasteiger partial charge in [-0.2, -0.15) is 0 Å². The highest BCUT2D eigenvalue weighted by Crippen LogP contribution is 2.19. The second-order valence-electron chi connectivity index (χ2n) is 7.24. The van der Waals surface area contributed by atoms with Crippen LogP contribution in [0.25, 0.3) is 22.6 Å². The van der Waals surface area contributed by atoms with Crippen molar-refractivity contribution in [3.05, 3.63) is 45.1 Å². The van der Waals surface area contributed by atoms with Gasteiger partial charge in [0.15, 0.2) is 17.0 Å². The van der Waals surface area contributed by atoms with Crippen LogP contribution >= 0.6 is 0 Å². The Bertz CT molecular complexity index is 1150. The van der Waals surface area contributed by atoms with Gasteiger partial charge in [-0.25, -0.2) is 9.78 Å². The molecule has 0 saturated carbocycles. The number of nitrogens with zero attached hydrogens (tertiary/aromatic N) is 6. The van der Waals surface area contributed by atoms with E-state index in [-0.39, 0.29) is 17.2 Å². The highest BCUT2D eigenvalue weighted by Gasteiger charge is 2.18. The third kappa shape index (κ3) is 3.76. The van der Waals surface area contributed by atoms with Crippen molar-refractivity contribution in [1.82, 2.24) is 29.2 Å². The maximum Gasteiger partial charge on any atom is 0.332 e. The zero-order chi connectivity index (χ0) is 20.5. The summed E-state index contributed by atoms with van der Waals surface area (Å²) >= 11 is 0. The highest BCUT2D eigenvalue weighted by atomic mass is 16.5. The summed E-state index contributed by atoms with van der Waals surface area (Å²) in [5, 5.41) is 8.10. The van der Waals surface area contributed by atoms with Crippen molar-refractivity contribution in [2.45, 2.75) is 12.5 Å². The number of ether oxygens (including phenoxy) is 1. The SMILES string of the molecule is Cn1c(=O)c2nc(-c3ccc(OCCN4CCC(N)C4)cc3)nnc2n(C)c1=O. The number of fused-ring (bicyclic) bond motifs is 1. The molecule has 152 valence electrons. The first-order valence-corrected chi connectivity index (χ1v) is 9.45. The summed E-state index contributed by atoms with van der Waals surface area (Å²) < 4.78 is 8.06. The van der Waals surface area contributed by atoms with Crippen molar-refractivity contribution in [3.8, 4) is 17.1 Å². The average molecular weight is 397 g/mol. The van der Waals surface area contributed by atoms with E-state index >= 15 is 0 Å². The lowest BCUT2D eigenvalue weighted by Gasteiger charge is -2.15. The third-order valence-corrected chi connectivity index (χ3v) is 5.17. The van der Waals surface area contributed by atoms with Gasteiger partial charge < -0.3 is 10.5 Å². The van der Waals surface area contributed by atoms with E-state index in [0.717, 1.165) is 36.4 Å². The molecule has 3 aromatic rings. The van der Waals surface area contributed by atoms with Gasteiger partial charge in [-0.05, 0) is 37.2 Å². The molecule has 0 aliphatic carbocycles. The van der Waals surface area contributed by atoms with Crippen LogP contribution < -0.4 is 21.7 Å². The van der Waals surface area contributed by atoms with Gasteiger partial charge in [-0.15, -0.1) is 10.2 Å². The van der Waals surface area contributed by atoms with Crippen molar-refractivity contribution >= 4 is 11.2 Å². The minimum absolute atomic E-state index is 0.101. The fourth-order valence-corrected chi connectivity index (χ4v) is 3.43. The summed E-state index contributed by atoms with van der Waals surface area (Å²) in [6.45, 7) is 3.36. The molecule has 4 rings (SSSR count). The largest absolute Gasteiger partial charge is 0.492 e. The Morgan fingerprint density at radius 2 is 1.90 bits per heavy atom. The Morgan fingerprint density at radius 1 is 1.14 bits per heavy atom. The zero-order valence-corrected chi connectivity index (χ0v) is 16.4. The number of benzene rings is 1. The van der Waals surface area contributed by atoms with E-state index in [1.54, 1.807) is 0 Å². The maximum atomic E-state index is 12.4. The van der Waals surface area contributed by atoms with Crippen molar-refractivity contribution in [1.29, 1.82) is 0 Å². The quantitative estimate of drug-likeness (QED) is 0.612. The molecular formula is C19H23N7O3. The van der Waals surface area contributed by atoms with E-state index in [9.17, 15) is 9.59 Å². The first-order chi connectivity index (χ1) is 13.9. The third-order valence-electron chi connectivity index (χ3n) is 5.17. The number of aromatic nitrogens is 5. The molecule has 1 aliphatic heterocycles. The van der Waals surface area contributed by atoms with Crippen LogP contribution in [-0.4, -0.2) is 61.5 Å². The first kappa shape index (κ1) is 19.2. The van der Waals surface area contributed by atoms with E-state index in [1.807, 2.05) is 24.3 Å². The predicted octanol–water partition coefficient (Wildman–Crippen LogP) is -0.499. The van der Waals surface area contributed by atoms with Crippen LogP contribution in [0.4, 0.5) is 0 Å². The Hall–Kier alpha value is -3.11. The smallest absolute Gasteiger partial charge is 0.332 e. The van der Waals surface area contributed by atoms with Crippen molar-refractivity contribution in [2.24, 2.45) is 19.8 Å². The minimum Gasteiger partial charge on any atom is -0.492 e. The molecule has 1 unspecified atom stereocenters. The van der Waals surface area contributed by atoms with Gasteiger partial charge in [0.25, 0.3) is 5.56 Å².